The molecule has 2 nitrogen and oxygen atoms in total. The first-order valence-electron chi connectivity index (χ1n) is 3.23. The van der Waals surface area contributed by atoms with Crippen LogP contribution in [0.2, 0.25) is 0 Å². The van der Waals surface area contributed by atoms with Gasteiger partial charge in [0.1, 0.15) is 0 Å². The topological polar surface area (TPSA) is 28.2 Å². The summed E-state index contributed by atoms with van der Waals surface area (Å²) >= 11 is 0. The second kappa shape index (κ2) is 3.05. The SMILES string of the molecule is CCC1C[N]CC[N]1. The van der Waals surface area contributed by atoms with Crippen LogP contribution in [-0.2, 0) is 0 Å². The van der Waals surface area contributed by atoms with Gasteiger partial charge in [-0.3, -0.25) is 0 Å². The fraction of sp³-hybridized carbons (Fsp3) is 1.00. The minimum atomic E-state index is 0.545. The molecule has 1 fully saturated rings. The van der Waals surface area contributed by atoms with Gasteiger partial charge in [-0.05, 0) is 6.42 Å². The molecule has 0 amide bonds. The molecule has 1 atom stereocenters. The lowest BCUT2D eigenvalue weighted by Gasteiger charge is -2.19. The third-order valence-corrected chi connectivity index (χ3v) is 1.46. The summed E-state index contributed by atoms with van der Waals surface area (Å²) in [6.45, 7) is 5.04. The predicted octanol–water partition coefficient (Wildman–Crippen LogP) is -0.0126. The van der Waals surface area contributed by atoms with Crippen molar-refractivity contribution in [1.29, 1.82) is 0 Å². The summed E-state index contributed by atoms with van der Waals surface area (Å²) in [6, 6.07) is 0.545. The highest BCUT2D eigenvalue weighted by Gasteiger charge is 2.10. The maximum Gasteiger partial charge on any atom is 0.0385 e. The third kappa shape index (κ3) is 1.46. The highest BCUT2D eigenvalue weighted by atomic mass is 15.0. The second-order valence-corrected chi connectivity index (χ2v) is 2.10. The van der Waals surface area contributed by atoms with E-state index in [0.717, 1.165) is 26.1 Å². The Balaban J connectivity index is 2.13. The maximum absolute atomic E-state index is 4.35. The normalized spacial score (nSPS) is 30.4. The molecule has 0 aromatic carbocycles. The summed E-state index contributed by atoms with van der Waals surface area (Å²) < 4.78 is 0. The van der Waals surface area contributed by atoms with Crippen LogP contribution in [0.25, 0.3) is 0 Å². The van der Waals surface area contributed by atoms with E-state index in [9.17, 15) is 0 Å². The summed E-state index contributed by atoms with van der Waals surface area (Å²) in [7, 11) is 0. The summed E-state index contributed by atoms with van der Waals surface area (Å²) in [4.78, 5) is 0. The molecular formula is C6H12N2. The first-order valence-corrected chi connectivity index (χ1v) is 3.23. The van der Waals surface area contributed by atoms with Crippen LogP contribution in [-0.4, -0.2) is 25.7 Å². The van der Waals surface area contributed by atoms with Crippen LogP contribution < -0.4 is 10.6 Å². The molecule has 1 heterocycles. The molecule has 1 aliphatic rings. The molecule has 0 bridgehead atoms. The second-order valence-electron chi connectivity index (χ2n) is 2.10. The molecule has 0 spiro atoms. The van der Waals surface area contributed by atoms with E-state index in [0.29, 0.717) is 6.04 Å². The van der Waals surface area contributed by atoms with Gasteiger partial charge < -0.3 is 0 Å². The Morgan fingerprint density at radius 1 is 1.50 bits per heavy atom. The van der Waals surface area contributed by atoms with Gasteiger partial charge in [-0.15, -0.1) is 0 Å². The lowest BCUT2D eigenvalue weighted by atomic mass is 10.2. The molecule has 0 aliphatic carbocycles. The lowest BCUT2D eigenvalue weighted by molar-refractivity contribution is 0.396. The number of nitrogens with zero attached hydrogens (tertiary/aromatic N) is 2. The number of hydrogen-bond acceptors (Lipinski definition) is 0. The van der Waals surface area contributed by atoms with Gasteiger partial charge in [-0.1, -0.05) is 6.92 Å². The number of piperazine rings is 1. The molecule has 0 aromatic rings. The highest BCUT2D eigenvalue weighted by Crippen LogP contribution is 1.93. The van der Waals surface area contributed by atoms with Crippen LogP contribution in [0, 0.1) is 0 Å². The average Bonchev–Trinajstić information content (AvgIpc) is 1.90. The fourth-order valence-corrected chi connectivity index (χ4v) is 0.867. The van der Waals surface area contributed by atoms with Gasteiger partial charge in [0.15, 0.2) is 0 Å². The molecular weight excluding hydrogens is 100 g/mol. The Morgan fingerprint density at radius 3 is 2.75 bits per heavy atom. The molecule has 1 aliphatic heterocycles. The van der Waals surface area contributed by atoms with E-state index in [2.05, 4.69) is 17.6 Å². The largest absolute Gasteiger partial charge is 0.239 e. The van der Waals surface area contributed by atoms with Gasteiger partial charge in [0, 0.05) is 25.7 Å². The minimum absolute atomic E-state index is 0.545. The number of rotatable bonds is 1. The van der Waals surface area contributed by atoms with Crippen LogP contribution in [0.1, 0.15) is 13.3 Å². The predicted molar refractivity (Wildman–Crippen MR) is 32.9 cm³/mol. The molecule has 2 radical (unpaired) electrons. The van der Waals surface area contributed by atoms with Gasteiger partial charge in [-0.2, -0.15) is 0 Å². The summed E-state index contributed by atoms with van der Waals surface area (Å²) in [5, 5.41) is 8.59. The van der Waals surface area contributed by atoms with E-state index >= 15 is 0 Å². The summed E-state index contributed by atoms with van der Waals surface area (Å²) in [6.07, 6.45) is 1.16. The first-order chi connectivity index (χ1) is 3.93. The van der Waals surface area contributed by atoms with E-state index in [1.807, 2.05) is 0 Å². The van der Waals surface area contributed by atoms with Crippen molar-refractivity contribution in [3.8, 4) is 0 Å². The zero-order valence-electron chi connectivity index (χ0n) is 5.30. The Morgan fingerprint density at radius 2 is 2.38 bits per heavy atom. The summed E-state index contributed by atoms with van der Waals surface area (Å²) in [5.41, 5.74) is 0. The molecule has 1 saturated heterocycles. The van der Waals surface area contributed by atoms with Crippen LogP contribution in [0.4, 0.5) is 0 Å². The first kappa shape index (κ1) is 6.05. The smallest absolute Gasteiger partial charge is 0.0385 e. The van der Waals surface area contributed by atoms with Crippen molar-refractivity contribution >= 4 is 0 Å². The van der Waals surface area contributed by atoms with E-state index < -0.39 is 0 Å². The molecule has 1 unspecified atom stereocenters. The zero-order chi connectivity index (χ0) is 5.82. The number of hydrogen-bond donors (Lipinski definition) is 0. The molecule has 1 rings (SSSR count). The van der Waals surface area contributed by atoms with E-state index in [-0.39, 0.29) is 0 Å². The van der Waals surface area contributed by atoms with Gasteiger partial charge in [0.2, 0.25) is 0 Å². The molecule has 0 N–H and O–H groups in total. The fourth-order valence-electron chi connectivity index (χ4n) is 0.867. The van der Waals surface area contributed by atoms with Crippen molar-refractivity contribution in [2.45, 2.75) is 19.4 Å². The zero-order valence-corrected chi connectivity index (χ0v) is 5.30. The van der Waals surface area contributed by atoms with Crippen molar-refractivity contribution < 1.29 is 0 Å². The van der Waals surface area contributed by atoms with Crippen molar-refractivity contribution in [1.82, 2.24) is 10.6 Å². The third-order valence-electron chi connectivity index (χ3n) is 1.46. The van der Waals surface area contributed by atoms with Crippen LogP contribution in [0.3, 0.4) is 0 Å². The minimum Gasteiger partial charge on any atom is -0.239 e. The van der Waals surface area contributed by atoms with Crippen molar-refractivity contribution in [2.75, 3.05) is 19.6 Å². The lowest BCUT2D eigenvalue weighted by Crippen LogP contribution is -2.39. The van der Waals surface area contributed by atoms with Crippen LogP contribution >= 0.6 is 0 Å². The van der Waals surface area contributed by atoms with Gasteiger partial charge in [-0.25, -0.2) is 10.6 Å². The molecule has 46 valence electrons. The Hall–Kier alpha value is -0.0800. The van der Waals surface area contributed by atoms with E-state index in [1.165, 1.54) is 0 Å². The van der Waals surface area contributed by atoms with Crippen LogP contribution in [0.5, 0.6) is 0 Å². The molecule has 0 saturated carbocycles. The van der Waals surface area contributed by atoms with Crippen molar-refractivity contribution in [3.63, 3.8) is 0 Å². The highest BCUT2D eigenvalue weighted by molar-refractivity contribution is 4.72. The van der Waals surface area contributed by atoms with Crippen LogP contribution in [0.15, 0.2) is 0 Å². The standard InChI is InChI=1S/C6H12N2/c1-2-6-5-7-3-4-8-6/h6H,2-5H2,1H3. The Labute approximate surface area is 50.7 Å². The molecule has 0 aromatic heterocycles. The van der Waals surface area contributed by atoms with E-state index in [1.54, 1.807) is 0 Å². The molecule has 2 heteroatoms. The van der Waals surface area contributed by atoms with Gasteiger partial charge in [0.05, 0.1) is 0 Å². The van der Waals surface area contributed by atoms with Crippen molar-refractivity contribution in [3.05, 3.63) is 0 Å². The molecule has 8 heavy (non-hydrogen) atoms. The Bertz CT molecular complexity index is 57.5. The van der Waals surface area contributed by atoms with E-state index in [4.69, 9.17) is 0 Å². The quantitative estimate of drug-likeness (QED) is 0.456. The monoisotopic (exact) mass is 112 g/mol. The maximum atomic E-state index is 4.35. The Kier molecular flexibility index (Phi) is 2.30. The van der Waals surface area contributed by atoms with Crippen molar-refractivity contribution in [2.24, 2.45) is 0 Å². The van der Waals surface area contributed by atoms with Gasteiger partial charge >= 0.3 is 0 Å². The van der Waals surface area contributed by atoms with Gasteiger partial charge in [0.25, 0.3) is 0 Å². The average molecular weight is 112 g/mol. The summed E-state index contributed by atoms with van der Waals surface area (Å²) in [5.74, 6) is 0.